The molecule has 0 saturated carbocycles. The van der Waals surface area contributed by atoms with E-state index in [-0.39, 0.29) is 55.9 Å². The van der Waals surface area contributed by atoms with Gasteiger partial charge < -0.3 is 34.7 Å². The van der Waals surface area contributed by atoms with Crippen molar-refractivity contribution in [2.75, 3.05) is 52.7 Å². The summed E-state index contributed by atoms with van der Waals surface area (Å²) in [5, 5.41) is 4.59. The zero-order valence-corrected chi connectivity index (χ0v) is 21.1. The Kier molecular flexibility index (Phi) is 11.3. The number of imide groups is 2. The SMILES string of the molecule is NCCOCCOCCOCCNC(=O)C(OC=O)Oc1cccc2c1C(=O)N(C1CCC(=O)NC1=O)C2=O. The molecule has 0 spiro atoms. The van der Waals surface area contributed by atoms with Gasteiger partial charge in [-0.1, -0.05) is 6.07 Å². The Morgan fingerprint density at radius 2 is 1.74 bits per heavy atom. The zero-order chi connectivity index (χ0) is 28.2. The van der Waals surface area contributed by atoms with Gasteiger partial charge in [0.15, 0.2) is 0 Å². The summed E-state index contributed by atoms with van der Waals surface area (Å²) in [6.07, 6.45) is -1.84. The molecule has 2 atom stereocenters. The fraction of sp³-hybridized carbons (Fsp3) is 0.500. The van der Waals surface area contributed by atoms with Gasteiger partial charge >= 0.3 is 12.2 Å². The average Bonchev–Trinajstić information content (AvgIpc) is 3.17. The minimum atomic E-state index is -1.78. The minimum Gasteiger partial charge on any atom is -0.445 e. The van der Waals surface area contributed by atoms with E-state index in [1.807, 2.05) is 0 Å². The molecule has 3 rings (SSSR count). The van der Waals surface area contributed by atoms with Gasteiger partial charge in [-0.15, -0.1) is 0 Å². The van der Waals surface area contributed by atoms with Crippen LogP contribution in [0.3, 0.4) is 0 Å². The van der Waals surface area contributed by atoms with E-state index in [2.05, 4.69) is 10.6 Å². The van der Waals surface area contributed by atoms with E-state index in [0.29, 0.717) is 33.0 Å². The number of nitrogens with two attached hydrogens (primary N) is 1. The van der Waals surface area contributed by atoms with Crippen LogP contribution in [-0.2, 0) is 38.1 Å². The van der Waals surface area contributed by atoms with Gasteiger partial charge in [-0.3, -0.25) is 39.0 Å². The van der Waals surface area contributed by atoms with Crippen LogP contribution in [0.25, 0.3) is 0 Å². The topological polar surface area (TPSA) is 202 Å². The summed E-state index contributed by atoms with van der Waals surface area (Å²) in [7, 11) is 0. The van der Waals surface area contributed by atoms with E-state index < -0.39 is 41.9 Å². The fourth-order valence-corrected chi connectivity index (χ4v) is 3.85. The van der Waals surface area contributed by atoms with Crippen molar-refractivity contribution in [2.45, 2.75) is 25.2 Å². The van der Waals surface area contributed by atoms with Crippen molar-refractivity contribution in [3.63, 3.8) is 0 Å². The highest BCUT2D eigenvalue weighted by atomic mass is 16.7. The van der Waals surface area contributed by atoms with Gasteiger partial charge in [0.05, 0.1) is 50.8 Å². The van der Waals surface area contributed by atoms with Crippen LogP contribution >= 0.6 is 0 Å². The maximum Gasteiger partial charge on any atom is 0.323 e. The van der Waals surface area contributed by atoms with E-state index >= 15 is 0 Å². The Bertz CT molecular complexity index is 1080. The van der Waals surface area contributed by atoms with E-state index in [4.69, 9.17) is 29.4 Å². The van der Waals surface area contributed by atoms with E-state index in [1.54, 1.807) is 0 Å². The second kappa shape index (κ2) is 14.9. The smallest absolute Gasteiger partial charge is 0.323 e. The lowest BCUT2D eigenvalue weighted by Crippen LogP contribution is -2.54. The van der Waals surface area contributed by atoms with Crippen molar-refractivity contribution in [3.8, 4) is 5.75 Å². The third-order valence-electron chi connectivity index (χ3n) is 5.61. The summed E-state index contributed by atoms with van der Waals surface area (Å²) in [4.78, 5) is 74.2. The molecule has 212 valence electrons. The number of hydrogen-bond donors (Lipinski definition) is 3. The molecule has 1 aromatic carbocycles. The van der Waals surface area contributed by atoms with Crippen molar-refractivity contribution >= 4 is 36.0 Å². The van der Waals surface area contributed by atoms with Crippen molar-refractivity contribution in [1.29, 1.82) is 0 Å². The largest absolute Gasteiger partial charge is 0.445 e. The van der Waals surface area contributed by atoms with Crippen molar-refractivity contribution < 1.29 is 52.5 Å². The summed E-state index contributed by atoms with van der Waals surface area (Å²) in [6, 6.07) is 2.90. The molecule has 1 fully saturated rings. The summed E-state index contributed by atoms with van der Waals surface area (Å²) < 4.78 is 26.1. The van der Waals surface area contributed by atoms with Gasteiger partial charge in [-0.05, 0) is 18.6 Å². The third kappa shape index (κ3) is 7.79. The molecule has 39 heavy (non-hydrogen) atoms. The molecule has 2 unspecified atom stereocenters. The number of carbonyl (C=O) groups excluding carboxylic acids is 6. The van der Waals surface area contributed by atoms with Crippen LogP contribution < -0.4 is 21.1 Å². The Balaban J connectivity index is 1.53. The highest BCUT2D eigenvalue weighted by Crippen LogP contribution is 2.34. The predicted molar refractivity (Wildman–Crippen MR) is 129 cm³/mol. The first kappa shape index (κ1) is 29.6. The number of benzene rings is 1. The average molecular weight is 551 g/mol. The van der Waals surface area contributed by atoms with Gasteiger partial charge in [-0.2, -0.15) is 0 Å². The minimum absolute atomic E-state index is 0.00115. The maximum absolute atomic E-state index is 13.2. The molecule has 0 bridgehead atoms. The first-order chi connectivity index (χ1) is 18.9. The third-order valence-corrected chi connectivity index (χ3v) is 5.61. The Morgan fingerprint density at radius 1 is 1.05 bits per heavy atom. The summed E-state index contributed by atoms with van der Waals surface area (Å²) >= 11 is 0. The Labute approximate surface area is 223 Å². The first-order valence-corrected chi connectivity index (χ1v) is 12.2. The van der Waals surface area contributed by atoms with Crippen LogP contribution in [0.15, 0.2) is 18.2 Å². The molecule has 5 amide bonds. The van der Waals surface area contributed by atoms with Crippen LogP contribution in [-0.4, -0.2) is 106 Å². The number of ether oxygens (including phenoxy) is 5. The van der Waals surface area contributed by atoms with Crippen molar-refractivity contribution in [1.82, 2.24) is 15.5 Å². The molecule has 2 aliphatic heterocycles. The molecular formula is C24H30N4O11. The Morgan fingerprint density at radius 3 is 2.41 bits per heavy atom. The molecule has 0 aromatic heterocycles. The second-order valence-corrected chi connectivity index (χ2v) is 8.22. The van der Waals surface area contributed by atoms with Crippen LogP contribution in [0.5, 0.6) is 5.75 Å². The molecule has 1 saturated heterocycles. The number of fused-ring (bicyclic) bond motifs is 1. The lowest BCUT2D eigenvalue weighted by molar-refractivity contribution is -0.162. The fourth-order valence-electron chi connectivity index (χ4n) is 3.85. The predicted octanol–water partition coefficient (Wildman–Crippen LogP) is -1.91. The van der Waals surface area contributed by atoms with Crippen LogP contribution in [0, 0.1) is 0 Å². The monoisotopic (exact) mass is 550 g/mol. The van der Waals surface area contributed by atoms with Gasteiger partial charge in [-0.25, -0.2) is 0 Å². The molecule has 2 heterocycles. The Hall–Kier alpha value is -3.92. The molecule has 15 heteroatoms. The number of nitrogens with one attached hydrogen (secondary N) is 2. The number of rotatable bonds is 17. The molecule has 2 aliphatic rings. The molecule has 4 N–H and O–H groups in total. The molecule has 0 aliphatic carbocycles. The van der Waals surface area contributed by atoms with Gasteiger partial charge in [0.2, 0.25) is 11.8 Å². The highest BCUT2D eigenvalue weighted by Gasteiger charge is 2.46. The number of piperidine rings is 1. The molecule has 1 aromatic rings. The summed E-state index contributed by atoms with van der Waals surface area (Å²) in [6.45, 7) is 2.48. The van der Waals surface area contributed by atoms with Crippen molar-refractivity contribution in [2.24, 2.45) is 5.73 Å². The van der Waals surface area contributed by atoms with Gasteiger partial charge in [0.1, 0.15) is 11.8 Å². The number of hydrogen-bond acceptors (Lipinski definition) is 12. The van der Waals surface area contributed by atoms with Crippen LogP contribution in [0.1, 0.15) is 33.6 Å². The number of carbonyl (C=O) groups is 6. The highest BCUT2D eigenvalue weighted by molar-refractivity contribution is 6.24. The van der Waals surface area contributed by atoms with Crippen LogP contribution in [0.4, 0.5) is 0 Å². The summed E-state index contributed by atoms with van der Waals surface area (Å²) in [5.74, 6) is -3.90. The number of amides is 5. The maximum atomic E-state index is 13.2. The van der Waals surface area contributed by atoms with E-state index in [0.717, 1.165) is 4.90 Å². The molecular weight excluding hydrogens is 520 g/mol. The normalized spacial score (nSPS) is 17.5. The van der Waals surface area contributed by atoms with Gasteiger partial charge in [0.25, 0.3) is 18.3 Å². The molecule has 15 nitrogen and oxygen atoms in total. The standard InChI is InChI=1S/C24H30N4O11/c25-6-8-35-10-12-37-13-11-36-9-7-26-21(32)24(38-14-29)39-17-3-1-2-15-19(17)23(34)28(22(15)33)16-4-5-18(30)27-20(16)31/h1-3,14,16,24H,4-13,25H2,(H,26,32)(H,27,30,31). The van der Waals surface area contributed by atoms with Crippen LogP contribution in [0.2, 0.25) is 0 Å². The van der Waals surface area contributed by atoms with E-state index in [1.165, 1.54) is 18.2 Å². The zero-order valence-electron chi connectivity index (χ0n) is 21.1. The lowest BCUT2D eigenvalue weighted by Gasteiger charge is -2.27. The summed E-state index contributed by atoms with van der Waals surface area (Å²) in [5.41, 5.74) is 5.05. The first-order valence-electron chi connectivity index (χ1n) is 12.2. The van der Waals surface area contributed by atoms with E-state index in [9.17, 15) is 28.8 Å². The second-order valence-electron chi connectivity index (χ2n) is 8.22. The lowest BCUT2D eigenvalue weighted by atomic mass is 10.0. The quantitative estimate of drug-likeness (QED) is 0.0842. The number of nitrogens with zero attached hydrogens (tertiary/aromatic N) is 1. The molecule has 0 radical (unpaired) electrons. The van der Waals surface area contributed by atoms with Gasteiger partial charge in [0, 0.05) is 19.5 Å². The van der Waals surface area contributed by atoms with Crippen molar-refractivity contribution in [3.05, 3.63) is 29.3 Å².